The first-order chi connectivity index (χ1) is 13.3. The molecule has 2 aromatic carbocycles. The highest BCUT2D eigenvalue weighted by Crippen LogP contribution is 2.29. The molecule has 2 amide bonds. The van der Waals surface area contributed by atoms with Gasteiger partial charge in [-0.25, -0.2) is 0 Å². The van der Waals surface area contributed by atoms with E-state index >= 15 is 0 Å². The van der Waals surface area contributed by atoms with E-state index in [2.05, 4.69) is 5.32 Å². The van der Waals surface area contributed by atoms with Gasteiger partial charge in [-0.05, 0) is 36.2 Å². The lowest BCUT2D eigenvalue weighted by Gasteiger charge is -2.18. The molecule has 0 unspecified atom stereocenters. The maximum absolute atomic E-state index is 12.7. The Morgan fingerprint density at radius 3 is 2.50 bits per heavy atom. The Morgan fingerprint density at radius 2 is 1.86 bits per heavy atom. The topological polar surface area (TPSA) is 67.9 Å². The van der Waals surface area contributed by atoms with Crippen LogP contribution in [0.15, 0.2) is 42.5 Å². The fraction of sp³-hybridized carbons (Fsp3) is 0.333. The van der Waals surface area contributed by atoms with Gasteiger partial charge in [-0.3, -0.25) is 9.59 Å². The summed E-state index contributed by atoms with van der Waals surface area (Å²) >= 11 is 6.04. The Balaban J connectivity index is 2.03. The Labute approximate surface area is 170 Å². The predicted molar refractivity (Wildman–Crippen MR) is 110 cm³/mol. The quantitative estimate of drug-likeness (QED) is 0.719. The predicted octanol–water partition coefficient (Wildman–Crippen LogP) is 4.09. The number of para-hydroxylation sites is 1. The van der Waals surface area contributed by atoms with Gasteiger partial charge in [0.1, 0.15) is 0 Å². The van der Waals surface area contributed by atoms with Crippen LogP contribution in [0.1, 0.15) is 24.2 Å². The minimum Gasteiger partial charge on any atom is -0.493 e. The third-order valence-electron chi connectivity index (χ3n) is 3.86. The average molecular weight is 405 g/mol. The van der Waals surface area contributed by atoms with Crippen molar-refractivity contribution in [2.75, 3.05) is 32.6 Å². The first-order valence-electron chi connectivity index (χ1n) is 8.92. The number of carbonyl (C=O) groups is 2. The van der Waals surface area contributed by atoms with Crippen LogP contribution in [0.4, 0.5) is 5.69 Å². The number of methoxy groups -OCH3 is 1. The summed E-state index contributed by atoms with van der Waals surface area (Å²) in [4.78, 5) is 26.2. The van der Waals surface area contributed by atoms with Crippen LogP contribution in [-0.4, -0.2) is 44.0 Å². The number of anilines is 1. The van der Waals surface area contributed by atoms with Crippen molar-refractivity contribution in [2.45, 2.75) is 13.8 Å². The molecule has 0 saturated heterocycles. The second-order valence-corrected chi connectivity index (χ2v) is 7.17. The van der Waals surface area contributed by atoms with Crippen LogP contribution in [0, 0.1) is 5.92 Å². The van der Waals surface area contributed by atoms with Crippen LogP contribution >= 0.6 is 11.6 Å². The number of halogens is 1. The van der Waals surface area contributed by atoms with Crippen LogP contribution in [0.5, 0.6) is 11.5 Å². The molecule has 0 radical (unpaired) electrons. The van der Waals surface area contributed by atoms with Gasteiger partial charge in [0.25, 0.3) is 5.91 Å². The average Bonchev–Trinajstić information content (AvgIpc) is 2.67. The van der Waals surface area contributed by atoms with Crippen LogP contribution in [-0.2, 0) is 4.79 Å². The molecule has 150 valence electrons. The van der Waals surface area contributed by atoms with Crippen molar-refractivity contribution >= 4 is 29.1 Å². The van der Waals surface area contributed by atoms with Crippen LogP contribution in [0.3, 0.4) is 0 Å². The van der Waals surface area contributed by atoms with E-state index in [0.717, 1.165) is 0 Å². The highest BCUT2D eigenvalue weighted by molar-refractivity contribution is 6.33. The lowest BCUT2D eigenvalue weighted by Crippen LogP contribution is -2.35. The molecule has 0 spiro atoms. The summed E-state index contributed by atoms with van der Waals surface area (Å²) in [6.45, 7) is 4.53. The molecule has 6 nitrogen and oxygen atoms in total. The van der Waals surface area contributed by atoms with Crippen LogP contribution in [0.25, 0.3) is 0 Å². The number of ether oxygens (including phenoxy) is 2. The first kappa shape index (κ1) is 21.6. The normalized spacial score (nSPS) is 10.5. The largest absolute Gasteiger partial charge is 0.493 e. The molecule has 0 heterocycles. The number of rotatable bonds is 8. The highest BCUT2D eigenvalue weighted by atomic mass is 35.5. The molecule has 0 aliphatic carbocycles. The maximum Gasteiger partial charge on any atom is 0.254 e. The standard InChI is InChI=1S/C21H25ClN2O4/c1-14(2)13-28-18-10-9-15(11-19(18)27-4)21(26)24(3)12-20(25)23-17-8-6-5-7-16(17)22/h5-11,14H,12-13H2,1-4H3,(H,23,25). The molecular formula is C21H25ClN2O4. The molecule has 0 aromatic heterocycles. The Hall–Kier alpha value is -2.73. The van der Waals surface area contributed by atoms with Crippen molar-refractivity contribution in [3.63, 3.8) is 0 Å². The summed E-state index contributed by atoms with van der Waals surface area (Å²) in [5.74, 6) is 0.775. The van der Waals surface area contributed by atoms with E-state index in [0.29, 0.717) is 40.3 Å². The van der Waals surface area contributed by atoms with Gasteiger partial charge in [-0.1, -0.05) is 37.6 Å². The van der Waals surface area contributed by atoms with Crippen molar-refractivity contribution in [1.29, 1.82) is 0 Å². The smallest absolute Gasteiger partial charge is 0.254 e. The summed E-state index contributed by atoms with van der Waals surface area (Å²) in [7, 11) is 3.08. The number of hydrogen-bond acceptors (Lipinski definition) is 4. The summed E-state index contributed by atoms with van der Waals surface area (Å²) in [6, 6.07) is 11.9. The molecule has 2 rings (SSSR count). The lowest BCUT2D eigenvalue weighted by atomic mass is 10.1. The number of carbonyl (C=O) groups excluding carboxylic acids is 2. The number of nitrogens with one attached hydrogen (secondary N) is 1. The zero-order valence-corrected chi connectivity index (χ0v) is 17.2. The summed E-state index contributed by atoms with van der Waals surface area (Å²) in [5, 5.41) is 3.13. The molecule has 0 fully saturated rings. The second kappa shape index (κ2) is 9.99. The summed E-state index contributed by atoms with van der Waals surface area (Å²) in [5.41, 5.74) is 0.908. The summed E-state index contributed by atoms with van der Waals surface area (Å²) in [6.07, 6.45) is 0. The molecule has 0 aliphatic rings. The van der Waals surface area contributed by atoms with Gasteiger partial charge in [0.15, 0.2) is 11.5 Å². The van der Waals surface area contributed by atoms with Gasteiger partial charge in [0.05, 0.1) is 31.0 Å². The van der Waals surface area contributed by atoms with Gasteiger partial charge in [0, 0.05) is 12.6 Å². The van der Waals surface area contributed by atoms with Crippen LogP contribution in [0.2, 0.25) is 5.02 Å². The number of hydrogen-bond donors (Lipinski definition) is 1. The number of likely N-dealkylation sites (N-methyl/N-ethyl adjacent to an activating group) is 1. The van der Waals surface area contributed by atoms with Gasteiger partial charge >= 0.3 is 0 Å². The van der Waals surface area contributed by atoms with E-state index in [1.54, 1.807) is 49.5 Å². The van der Waals surface area contributed by atoms with Crippen molar-refractivity contribution in [2.24, 2.45) is 5.92 Å². The fourth-order valence-electron chi connectivity index (χ4n) is 2.44. The zero-order valence-electron chi connectivity index (χ0n) is 16.5. The Morgan fingerprint density at radius 1 is 1.14 bits per heavy atom. The molecule has 0 bridgehead atoms. The Bertz CT molecular complexity index is 839. The van der Waals surface area contributed by atoms with E-state index in [4.69, 9.17) is 21.1 Å². The summed E-state index contributed by atoms with van der Waals surface area (Å²) < 4.78 is 11.0. The number of amides is 2. The van der Waals surface area contributed by atoms with Crippen molar-refractivity contribution in [3.8, 4) is 11.5 Å². The SMILES string of the molecule is COc1cc(C(=O)N(C)CC(=O)Nc2ccccc2Cl)ccc1OCC(C)C. The van der Waals surface area contributed by atoms with Crippen molar-refractivity contribution in [1.82, 2.24) is 4.90 Å². The fourth-order valence-corrected chi connectivity index (χ4v) is 2.62. The molecule has 0 aliphatic heterocycles. The molecule has 7 heteroatoms. The molecule has 2 aromatic rings. The second-order valence-electron chi connectivity index (χ2n) is 6.76. The van der Waals surface area contributed by atoms with Gasteiger partial charge in [0.2, 0.25) is 5.91 Å². The minimum atomic E-state index is -0.340. The molecular weight excluding hydrogens is 380 g/mol. The maximum atomic E-state index is 12.7. The third-order valence-corrected chi connectivity index (χ3v) is 4.19. The van der Waals surface area contributed by atoms with E-state index in [1.165, 1.54) is 12.0 Å². The lowest BCUT2D eigenvalue weighted by molar-refractivity contribution is -0.116. The molecule has 0 saturated carbocycles. The first-order valence-corrected chi connectivity index (χ1v) is 9.30. The molecule has 28 heavy (non-hydrogen) atoms. The molecule has 1 N–H and O–H groups in total. The monoisotopic (exact) mass is 404 g/mol. The number of nitrogens with zero attached hydrogens (tertiary/aromatic N) is 1. The number of benzene rings is 2. The van der Waals surface area contributed by atoms with Crippen LogP contribution < -0.4 is 14.8 Å². The van der Waals surface area contributed by atoms with Crippen molar-refractivity contribution in [3.05, 3.63) is 53.1 Å². The minimum absolute atomic E-state index is 0.113. The third kappa shape index (κ3) is 5.89. The van der Waals surface area contributed by atoms with E-state index < -0.39 is 0 Å². The Kier molecular flexibility index (Phi) is 7.70. The van der Waals surface area contributed by atoms with Gasteiger partial charge < -0.3 is 19.7 Å². The van der Waals surface area contributed by atoms with Gasteiger partial charge in [-0.15, -0.1) is 0 Å². The van der Waals surface area contributed by atoms with E-state index in [1.807, 2.05) is 13.8 Å². The zero-order chi connectivity index (χ0) is 20.7. The van der Waals surface area contributed by atoms with E-state index in [-0.39, 0.29) is 18.4 Å². The van der Waals surface area contributed by atoms with Crippen molar-refractivity contribution < 1.29 is 19.1 Å². The highest BCUT2D eigenvalue weighted by Gasteiger charge is 2.18. The molecule has 0 atom stereocenters. The van der Waals surface area contributed by atoms with Gasteiger partial charge in [-0.2, -0.15) is 0 Å². The van der Waals surface area contributed by atoms with E-state index in [9.17, 15) is 9.59 Å².